The van der Waals surface area contributed by atoms with Gasteiger partial charge in [-0.25, -0.2) is 4.98 Å². The molecule has 1 N–H and O–H groups in total. The molecule has 0 saturated carbocycles. The van der Waals surface area contributed by atoms with Gasteiger partial charge in [0.25, 0.3) is 5.56 Å². The van der Waals surface area contributed by atoms with Gasteiger partial charge in [0.2, 0.25) is 5.95 Å². The van der Waals surface area contributed by atoms with Crippen LogP contribution in [0.25, 0.3) is 22.2 Å². The lowest BCUT2D eigenvalue weighted by Gasteiger charge is -2.12. The highest BCUT2D eigenvalue weighted by Crippen LogP contribution is 2.34. The van der Waals surface area contributed by atoms with Crippen LogP contribution in [0.4, 0.5) is 11.6 Å². The van der Waals surface area contributed by atoms with E-state index in [4.69, 9.17) is 0 Å². The summed E-state index contributed by atoms with van der Waals surface area (Å²) in [4.78, 5) is 21.9. The van der Waals surface area contributed by atoms with Gasteiger partial charge in [-0.3, -0.25) is 9.36 Å². The summed E-state index contributed by atoms with van der Waals surface area (Å²) in [5.41, 5.74) is 3.82. The van der Waals surface area contributed by atoms with Crippen LogP contribution in [-0.2, 0) is 11.6 Å². The molecule has 4 aromatic rings. The Kier molecular flexibility index (Phi) is 5.04. The second-order valence-corrected chi connectivity index (χ2v) is 11.0. The molecule has 152 valence electrons. The van der Waals surface area contributed by atoms with E-state index in [0.717, 1.165) is 27.5 Å². The number of nitrogens with zero attached hydrogens (tertiary/aromatic N) is 3. The molecule has 0 unspecified atom stereocenters. The highest BCUT2D eigenvalue weighted by molar-refractivity contribution is 7.70. The zero-order valence-electron chi connectivity index (χ0n) is 17.4. The summed E-state index contributed by atoms with van der Waals surface area (Å²) in [6, 6.07) is 17.1. The van der Waals surface area contributed by atoms with Crippen molar-refractivity contribution in [2.75, 3.05) is 18.6 Å². The molecule has 0 saturated heterocycles. The van der Waals surface area contributed by atoms with Crippen LogP contribution >= 0.6 is 7.14 Å². The fourth-order valence-corrected chi connectivity index (χ4v) is 4.27. The van der Waals surface area contributed by atoms with Gasteiger partial charge in [-0.05, 0) is 61.7 Å². The van der Waals surface area contributed by atoms with Gasteiger partial charge in [-0.1, -0.05) is 24.3 Å². The molecule has 0 fully saturated rings. The molecule has 7 heteroatoms. The third kappa shape index (κ3) is 3.79. The van der Waals surface area contributed by atoms with Crippen molar-refractivity contribution in [3.8, 4) is 11.1 Å². The molecule has 0 spiro atoms. The number of aryl methyl sites for hydroxylation is 2. The molecular weight excluding hydrogens is 395 g/mol. The van der Waals surface area contributed by atoms with E-state index in [0.29, 0.717) is 17.2 Å². The van der Waals surface area contributed by atoms with Crippen LogP contribution in [0.5, 0.6) is 0 Å². The Morgan fingerprint density at radius 1 is 1.00 bits per heavy atom. The number of pyridine rings is 1. The lowest BCUT2D eigenvalue weighted by atomic mass is 10.0. The molecule has 0 aliphatic carbocycles. The smallest absolute Gasteiger partial charge is 0.259 e. The lowest BCUT2D eigenvalue weighted by molar-refractivity contribution is 0.588. The number of rotatable bonds is 4. The molecule has 0 bridgehead atoms. The predicted molar refractivity (Wildman–Crippen MR) is 124 cm³/mol. The Morgan fingerprint density at radius 2 is 1.70 bits per heavy atom. The summed E-state index contributed by atoms with van der Waals surface area (Å²) in [5, 5.41) is 4.75. The van der Waals surface area contributed by atoms with Crippen molar-refractivity contribution >= 4 is 35.1 Å². The van der Waals surface area contributed by atoms with Crippen LogP contribution in [-0.4, -0.2) is 27.9 Å². The van der Waals surface area contributed by atoms with E-state index in [1.54, 1.807) is 31.1 Å². The van der Waals surface area contributed by atoms with Crippen LogP contribution in [0.15, 0.2) is 65.6 Å². The minimum Gasteiger partial charge on any atom is -0.324 e. The Labute approximate surface area is 175 Å². The molecule has 2 aromatic heterocycles. The standard InChI is InChI=1S/C23H23N4O2P/c1-15-7-5-6-8-19(15)20-13-16-14-24-23(26-21(16)27(2)22(20)28)25-17-9-11-18(12-10-17)30(3,4)29/h5-14H,1-4H3,(H,24,25,26). The highest BCUT2D eigenvalue weighted by Gasteiger charge is 2.13. The number of benzene rings is 2. The zero-order chi connectivity index (χ0) is 21.5. The van der Waals surface area contributed by atoms with Gasteiger partial charge in [-0.2, -0.15) is 4.98 Å². The molecule has 0 aliphatic heterocycles. The van der Waals surface area contributed by atoms with E-state index < -0.39 is 7.14 Å². The van der Waals surface area contributed by atoms with Gasteiger partial charge in [0.15, 0.2) is 0 Å². The van der Waals surface area contributed by atoms with Crippen molar-refractivity contribution in [2.45, 2.75) is 6.92 Å². The molecule has 0 atom stereocenters. The summed E-state index contributed by atoms with van der Waals surface area (Å²) < 4.78 is 13.7. The topological polar surface area (TPSA) is 76.9 Å². The highest BCUT2D eigenvalue weighted by atomic mass is 31.2. The number of hydrogen-bond acceptors (Lipinski definition) is 5. The van der Waals surface area contributed by atoms with Gasteiger partial charge in [0.05, 0.1) is 0 Å². The first-order valence-electron chi connectivity index (χ1n) is 9.59. The average molecular weight is 418 g/mol. The van der Waals surface area contributed by atoms with Crippen LogP contribution < -0.4 is 16.2 Å². The first kappa shape index (κ1) is 20.0. The maximum absolute atomic E-state index is 13.0. The van der Waals surface area contributed by atoms with Gasteiger partial charge >= 0.3 is 0 Å². The van der Waals surface area contributed by atoms with E-state index in [1.165, 1.54) is 0 Å². The predicted octanol–water partition coefficient (Wildman–Crippen LogP) is 4.30. The minimum atomic E-state index is -2.30. The third-order valence-electron chi connectivity index (χ3n) is 5.13. The number of nitrogens with one attached hydrogen (secondary N) is 1. The van der Waals surface area contributed by atoms with Gasteiger partial charge in [0.1, 0.15) is 12.8 Å². The molecular formula is C23H23N4O2P. The monoisotopic (exact) mass is 418 g/mol. The molecule has 0 amide bonds. The minimum absolute atomic E-state index is 0.104. The number of aromatic nitrogens is 3. The molecule has 2 aromatic carbocycles. The summed E-state index contributed by atoms with van der Waals surface area (Å²) in [6.45, 7) is 5.48. The Bertz CT molecular complexity index is 1350. The van der Waals surface area contributed by atoms with Crippen LogP contribution in [0.2, 0.25) is 0 Å². The molecule has 4 rings (SSSR count). The molecule has 30 heavy (non-hydrogen) atoms. The summed E-state index contributed by atoms with van der Waals surface area (Å²) in [6.07, 6.45) is 1.71. The summed E-state index contributed by atoms with van der Waals surface area (Å²) in [7, 11) is -0.576. The normalized spacial score (nSPS) is 11.6. The summed E-state index contributed by atoms with van der Waals surface area (Å²) >= 11 is 0. The first-order chi connectivity index (χ1) is 14.2. The van der Waals surface area contributed by atoms with Gasteiger partial charge in [-0.15, -0.1) is 0 Å². The van der Waals surface area contributed by atoms with Gasteiger partial charge < -0.3 is 9.88 Å². The number of fused-ring (bicyclic) bond motifs is 1. The fraction of sp³-hybridized carbons (Fsp3) is 0.174. The van der Waals surface area contributed by atoms with Crippen molar-refractivity contribution in [1.29, 1.82) is 0 Å². The fourth-order valence-electron chi connectivity index (χ4n) is 3.41. The quantitative estimate of drug-likeness (QED) is 0.500. The maximum Gasteiger partial charge on any atom is 0.259 e. The molecule has 6 nitrogen and oxygen atoms in total. The van der Waals surface area contributed by atoms with Crippen LogP contribution in [0, 0.1) is 6.92 Å². The largest absolute Gasteiger partial charge is 0.324 e. The first-order valence-corrected chi connectivity index (χ1v) is 12.2. The second-order valence-electron chi connectivity index (χ2n) is 7.73. The SMILES string of the molecule is Cc1ccccc1-c1cc2cnc(Nc3ccc(P(C)(C)=O)cc3)nc2n(C)c1=O. The van der Waals surface area contributed by atoms with Crippen LogP contribution in [0.1, 0.15) is 5.56 Å². The lowest BCUT2D eigenvalue weighted by Crippen LogP contribution is -2.20. The van der Waals surface area contributed by atoms with E-state index >= 15 is 0 Å². The van der Waals surface area contributed by atoms with Gasteiger partial charge in [0, 0.05) is 35.2 Å². The average Bonchev–Trinajstić information content (AvgIpc) is 2.71. The van der Waals surface area contributed by atoms with E-state index in [1.807, 2.05) is 61.5 Å². The molecule has 0 aliphatic rings. The van der Waals surface area contributed by atoms with Crippen LogP contribution in [0.3, 0.4) is 0 Å². The Balaban J connectivity index is 1.72. The van der Waals surface area contributed by atoms with Crippen molar-refractivity contribution in [2.24, 2.45) is 7.05 Å². The number of hydrogen-bond donors (Lipinski definition) is 1. The van der Waals surface area contributed by atoms with E-state index in [2.05, 4.69) is 15.3 Å². The molecule has 2 heterocycles. The third-order valence-corrected chi connectivity index (χ3v) is 6.67. The Hall–Kier alpha value is -3.24. The van der Waals surface area contributed by atoms with Crippen molar-refractivity contribution in [3.05, 3.63) is 76.7 Å². The molecule has 0 radical (unpaired) electrons. The zero-order valence-corrected chi connectivity index (χ0v) is 18.3. The van der Waals surface area contributed by atoms with E-state index in [-0.39, 0.29) is 5.56 Å². The maximum atomic E-state index is 13.0. The van der Waals surface area contributed by atoms with Crippen molar-refractivity contribution in [1.82, 2.24) is 14.5 Å². The number of anilines is 2. The van der Waals surface area contributed by atoms with E-state index in [9.17, 15) is 9.36 Å². The summed E-state index contributed by atoms with van der Waals surface area (Å²) in [5.74, 6) is 0.394. The Morgan fingerprint density at radius 3 is 2.37 bits per heavy atom. The van der Waals surface area contributed by atoms with Crippen molar-refractivity contribution < 1.29 is 4.57 Å². The van der Waals surface area contributed by atoms with Crippen molar-refractivity contribution in [3.63, 3.8) is 0 Å². The second kappa shape index (κ2) is 7.54.